The third kappa shape index (κ3) is 4.97. The average molecular weight is 266 g/mol. The lowest BCUT2D eigenvalue weighted by Gasteiger charge is -2.09. The number of hydrogen-bond donors (Lipinski definition) is 1. The monoisotopic (exact) mass is 266 g/mol. The maximum absolute atomic E-state index is 10.7. The van der Waals surface area contributed by atoms with E-state index in [0.717, 1.165) is 11.3 Å². The largest absolute Gasteiger partial charge is 0.490 e. The van der Waals surface area contributed by atoms with Crippen molar-refractivity contribution < 1.29 is 14.4 Å². The van der Waals surface area contributed by atoms with Crippen LogP contribution in [0.15, 0.2) is 30.4 Å². The number of nitrogens with zero attached hydrogens (tertiary/aromatic N) is 1. The highest BCUT2D eigenvalue weighted by Gasteiger charge is 2.14. The highest BCUT2D eigenvalue weighted by molar-refractivity contribution is 5.57. The Hall–Kier alpha value is -2.08. The Bertz CT molecular complexity index is 460. The summed E-state index contributed by atoms with van der Waals surface area (Å²) >= 11 is 0. The first-order valence-electron chi connectivity index (χ1n) is 5.83. The van der Waals surface area contributed by atoms with Gasteiger partial charge in [0.05, 0.1) is 25.2 Å². The van der Waals surface area contributed by atoms with Crippen LogP contribution in [0.4, 0.5) is 11.4 Å². The first-order valence-corrected chi connectivity index (χ1v) is 5.83. The lowest BCUT2D eigenvalue weighted by molar-refractivity contribution is -0.385. The predicted octanol–water partition coefficient (Wildman–Crippen LogP) is 2.61. The fraction of sp³-hybridized carbons (Fsp3) is 0.385. The number of ether oxygens (including phenoxy) is 2. The van der Waals surface area contributed by atoms with Crippen molar-refractivity contribution >= 4 is 11.4 Å². The normalized spacial score (nSPS) is 10.0. The van der Waals surface area contributed by atoms with Gasteiger partial charge in [0.1, 0.15) is 0 Å². The molecule has 0 heterocycles. The minimum absolute atomic E-state index is 0.0495. The molecule has 0 radical (unpaired) electrons. The van der Waals surface area contributed by atoms with E-state index >= 15 is 0 Å². The molecule has 0 aliphatic heterocycles. The summed E-state index contributed by atoms with van der Waals surface area (Å²) in [5.41, 5.74) is 1.67. The smallest absolute Gasteiger partial charge is 0.311 e. The van der Waals surface area contributed by atoms with E-state index in [-0.39, 0.29) is 11.4 Å². The number of anilines is 1. The molecule has 0 saturated heterocycles. The van der Waals surface area contributed by atoms with Gasteiger partial charge < -0.3 is 14.8 Å². The maximum atomic E-state index is 10.7. The SMILES string of the molecule is C=C(C)COCCNc1ccc([N+](=O)[O-])c(OC)c1. The van der Waals surface area contributed by atoms with E-state index in [1.165, 1.54) is 13.2 Å². The van der Waals surface area contributed by atoms with E-state index < -0.39 is 4.92 Å². The van der Waals surface area contributed by atoms with Crippen LogP contribution in [-0.4, -0.2) is 31.8 Å². The van der Waals surface area contributed by atoms with Crippen molar-refractivity contribution in [2.45, 2.75) is 6.92 Å². The van der Waals surface area contributed by atoms with E-state index in [9.17, 15) is 10.1 Å². The molecule has 1 aromatic carbocycles. The van der Waals surface area contributed by atoms with Gasteiger partial charge in [-0.25, -0.2) is 0 Å². The zero-order chi connectivity index (χ0) is 14.3. The number of nitrogens with one attached hydrogen (secondary N) is 1. The molecule has 0 aliphatic rings. The topological polar surface area (TPSA) is 73.6 Å². The Balaban J connectivity index is 2.51. The van der Waals surface area contributed by atoms with Gasteiger partial charge in [0, 0.05) is 24.4 Å². The summed E-state index contributed by atoms with van der Waals surface area (Å²) in [6, 6.07) is 4.65. The maximum Gasteiger partial charge on any atom is 0.311 e. The van der Waals surface area contributed by atoms with Gasteiger partial charge in [0.15, 0.2) is 5.75 Å². The van der Waals surface area contributed by atoms with Crippen LogP contribution in [0.3, 0.4) is 0 Å². The van der Waals surface area contributed by atoms with Gasteiger partial charge in [-0.1, -0.05) is 12.2 Å². The van der Waals surface area contributed by atoms with Gasteiger partial charge >= 0.3 is 5.69 Å². The average Bonchev–Trinajstić information content (AvgIpc) is 2.37. The molecule has 0 saturated carbocycles. The molecule has 0 spiro atoms. The first-order chi connectivity index (χ1) is 9.04. The zero-order valence-corrected chi connectivity index (χ0v) is 11.1. The van der Waals surface area contributed by atoms with Gasteiger partial charge in [-0.15, -0.1) is 0 Å². The Morgan fingerprint density at radius 3 is 2.84 bits per heavy atom. The Morgan fingerprint density at radius 1 is 1.53 bits per heavy atom. The number of benzene rings is 1. The van der Waals surface area contributed by atoms with E-state index in [2.05, 4.69) is 11.9 Å². The van der Waals surface area contributed by atoms with Crippen molar-refractivity contribution in [2.24, 2.45) is 0 Å². The van der Waals surface area contributed by atoms with Crippen LogP contribution in [0.1, 0.15) is 6.92 Å². The van der Waals surface area contributed by atoms with Crippen molar-refractivity contribution in [3.05, 3.63) is 40.5 Å². The molecule has 0 atom stereocenters. The van der Waals surface area contributed by atoms with Crippen LogP contribution >= 0.6 is 0 Å². The lowest BCUT2D eigenvalue weighted by Crippen LogP contribution is -2.10. The molecule has 1 aromatic rings. The molecule has 0 aliphatic carbocycles. The molecule has 6 heteroatoms. The van der Waals surface area contributed by atoms with Gasteiger partial charge in [-0.05, 0) is 13.0 Å². The van der Waals surface area contributed by atoms with E-state index in [4.69, 9.17) is 9.47 Å². The number of nitro benzene ring substituents is 1. The fourth-order valence-corrected chi connectivity index (χ4v) is 1.45. The molecule has 0 unspecified atom stereocenters. The van der Waals surface area contributed by atoms with Crippen molar-refractivity contribution in [3.63, 3.8) is 0 Å². The molecule has 0 aromatic heterocycles. The quantitative estimate of drug-likeness (QED) is 0.339. The minimum Gasteiger partial charge on any atom is -0.490 e. The van der Waals surface area contributed by atoms with Crippen LogP contribution in [0.2, 0.25) is 0 Å². The molecule has 0 fully saturated rings. The predicted molar refractivity (Wildman–Crippen MR) is 73.8 cm³/mol. The summed E-state index contributed by atoms with van der Waals surface area (Å²) in [7, 11) is 1.40. The van der Waals surface area contributed by atoms with Gasteiger partial charge in [-0.3, -0.25) is 10.1 Å². The fourth-order valence-electron chi connectivity index (χ4n) is 1.45. The highest BCUT2D eigenvalue weighted by atomic mass is 16.6. The number of hydrogen-bond acceptors (Lipinski definition) is 5. The van der Waals surface area contributed by atoms with Crippen LogP contribution in [0.5, 0.6) is 5.75 Å². The third-order valence-electron chi connectivity index (χ3n) is 2.30. The van der Waals surface area contributed by atoms with Gasteiger partial charge in [-0.2, -0.15) is 0 Å². The molecule has 1 rings (SSSR count). The zero-order valence-electron chi connectivity index (χ0n) is 11.1. The van der Waals surface area contributed by atoms with Crippen LogP contribution in [0.25, 0.3) is 0 Å². The number of nitro groups is 1. The van der Waals surface area contributed by atoms with Crippen LogP contribution < -0.4 is 10.1 Å². The minimum atomic E-state index is -0.474. The molecule has 104 valence electrons. The first kappa shape index (κ1) is 15.0. The second-order valence-electron chi connectivity index (χ2n) is 4.08. The second kappa shape index (κ2) is 7.38. The Kier molecular flexibility index (Phi) is 5.81. The summed E-state index contributed by atoms with van der Waals surface area (Å²) in [6.45, 7) is 7.30. The molecular formula is C13H18N2O4. The summed E-state index contributed by atoms with van der Waals surface area (Å²) in [5.74, 6) is 0.234. The summed E-state index contributed by atoms with van der Waals surface area (Å²) < 4.78 is 10.3. The van der Waals surface area contributed by atoms with Crippen molar-refractivity contribution in [1.29, 1.82) is 0 Å². The van der Waals surface area contributed by atoms with Gasteiger partial charge in [0.25, 0.3) is 0 Å². The third-order valence-corrected chi connectivity index (χ3v) is 2.30. The second-order valence-corrected chi connectivity index (χ2v) is 4.08. The summed E-state index contributed by atoms with van der Waals surface area (Å²) in [5, 5.41) is 13.8. The molecule has 0 amide bonds. The van der Waals surface area contributed by atoms with Crippen molar-refractivity contribution in [3.8, 4) is 5.75 Å². The summed E-state index contributed by atoms with van der Waals surface area (Å²) in [6.07, 6.45) is 0. The van der Waals surface area contributed by atoms with E-state index in [1.807, 2.05) is 6.92 Å². The molecule has 0 bridgehead atoms. The molecule has 6 nitrogen and oxygen atoms in total. The van der Waals surface area contributed by atoms with E-state index in [1.54, 1.807) is 12.1 Å². The van der Waals surface area contributed by atoms with Crippen LogP contribution in [0, 0.1) is 10.1 Å². The van der Waals surface area contributed by atoms with E-state index in [0.29, 0.717) is 19.8 Å². The van der Waals surface area contributed by atoms with Crippen molar-refractivity contribution in [1.82, 2.24) is 0 Å². The lowest BCUT2D eigenvalue weighted by atomic mass is 10.2. The summed E-state index contributed by atoms with van der Waals surface area (Å²) in [4.78, 5) is 10.3. The standard InChI is InChI=1S/C13H18N2O4/c1-10(2)9-19-7-6-14-11-4-5-12(15(16)17)13(8-11)18-3/h4-5,8,14H,1,6-7,9H2,2-3H3. The molecular weight excluding hydrogens is 248 g/mol. The number of methoxy groups -OCH3 is 1. The van der Waals surface area contributed by atoms with Crippen molar-refractivity contribution in [2.75, 3.05) is 32.2 Å². The van der Waals surface area contributed by atoms with Gasteiger partial charge in [0.2, 0.25) is 0 Å². The molecule has 19 heavy (non-hydrogen) atoms. The Labute approximate surface area is 112 Å². The van der Waals surface area contributed by atoms with Crippen LogP contribution in [-0.2, 0) is 4.74 Å². The molecule has 1 N–H and O–H groups in total. The highest BCUT2D eigenvalue weighted by Crippen LogP contribution is 2.29. The number of rotatable bonds is 8. The Morgan fingerprint density at radius 2 is 2.26 bits per heavy atom.